The molecule has 1 rings (SSSR count). The van der Waals surface area contributed by atoms with Crippen molar-refractivity contribution in [3.05, 3.63) is 35.7 Å². The molecule has 1 aromatic carbocycles. The van der Waals surface area contributed by atoms with Gasteiger partial charge in [0.05, 0.1) is 13.7 Å². The summed E-state index contributed by atoms with van der Waals surface area (Å²) in [4.78, 5) is 0. The standard InChI is InChI=1S/C14H20FNO2/c1-17-11-10-16-9-4-3-6-12-7-5-8-13(18-2)14(12)15/h3,5-8,16H,4,9-11H2,1-2H3/b6-3+. The zero-order chi connectivity index (χ0) is 13.2. The number of nitrogens with one attached hydrogen (secondary N) is 1. The molecule has 0 bridgehead atoms. The van der Waals surface area contributed by atoms with E-state index < -0.39 is 0 Å². The summed E-state index contributed by atoms with van der Waals surface area (Å²) in [6.07, 6.45) is 4.56. The lowest BCUT2D eigenvalue weighted by molar-refractivity contribution is 0.199. The molecular formula is C14H20FNO2. The smallest absolute Gasteiger partial charge is 0.172 e. The molecule has 0 saturated carbocycles. The van der Waals surface area contributed by atoms with Crippen molar-refractivity contribution in [2.75, 3.05) is 33.9 Å². The number of hydrogen-bond acceptors (Lipinski definition) is 3. The fourth-order valence-corrected chi connectivity index (χ4v) is 1.51. The van der Waals surface area contributed by atoms with Gasteiger partial charge in [-0.25, -0.2) is 4.39 Å². The lowest BCUT2D eigenvalue weighted by atomic mass is 10.1. The Morgan fingerprint density at radius 1 is 1.28 bits per heavy atom. The van der Waals surface area contributed by atoms with Gasteiger partial charge < -0.3 is 14.8 Å². The van der Waals surface area contributed by atoms with Crippen LogP contribution in [0.2, 0.25) is 0 Å². The normalized spacial score (nSPS) is 11.1. The van der Waals surface area contributed by atoms with Crippen LogP contribution >= 0.6 is 0 Å². The molecule has 4 heteroatoms. The highest BCUT2D eigenvalue weighted by Crippen LogP contribution is 2.20. The average molecular weight is 253 g/mol. The van der Waals surface area contributed by atoms with Crippen LogP contribution in [0.15, 0.2) is 24.3 Å². The molecule has 0 aromatic heterocycles. The molecule has 0 spiro atoms. The van der Waals surface area contributed by atoms with Crippen LogP contribution in [0.4, 0.5) is 4.39 Å². The second kappa shape index (κ2) is 8.66. The van der Waals surface area contributed by atoms with Gasteiger partial charge >= 0.3 is 0 Å². The molecule has 1 aromatic rings. The van der Waals surface area contributed by atoms with E-state index in [1.165, 1.54) is 7.11 Å². The highest BCUT2D eigenvalue weighted by Gasteiger charge is 2.04. The lowest BCUT2D eigenvalue weighted by Crippen LogP contribution is -2.19. The third kappa shape index (κ3) is 4.85. The van der Waals surface area contributed by atoms with E-state index in [4.69, 9.17) is 9.47 Å². The van der Waals surface area contributed by atoms with Crippen molar-refractivity contribution in [2.24, 2.45) is 0 Å². The fraction of sp³-hybridized carbons (Fsp3) is 0.429. The Morgan fingerprint density at radius 2 is 2.11 bits per heavy atom. The highest BCUT2D eigenvalue weighted by molar-refractivity contribution is 5.52. The van der Waals surface area contributed by atoms with Gasteiger partial charge in [0.1, 0.15) is 0 Å². The summed E-state index contributed by atoms with van der Waals surface area (Å²) < 4.78 is 23.6. The van der Waals surface area contributed by atoms with Crippen molar-refractivity contribution < 1.29 is 13.9 Å². The van der Waals surface area contributed by atoms with Gasteiger partial charge in [-0.2, -0.15) is 0 Å². The molecule has 0 aliphatic heterocycles. The minimum atomic E-state index is -0.316. The first-order valence-electron chi connectivity index (χ1n) is 5.98. The predicted molar refractivity (Wildman–Crippen MR) is 71.3 cm³/mol. The monoisotopic (exact) mass is 253 g/mol. The minimum Gasteiger partial charge on any atom is -0.494 e. The average Bonchev–Trinajstić information content (AvgIpc) is 2.39. The molecule has 0 saturated heterocycles. The van der Waals surface area contributed by atoms with E-state index in [1.807, 2.05) is 6.08 Å². The number of halogens is 1. The van der Waals surface area contributed by atoms with Crippen molar-refractivity contribution in [1.82, 2.24) is 5.32 Å². The Balaban J connectivity index is 2.38. The van der Waals surface area contributed by atoms with Gasteiger partial charge in [-0.1, -0.05) is 24.3 Å². The van der Waals surface area contributed by atoms with Gasteiger partial charge in [-0.05, 0) is 19.0 Å². The maximum Gasteiger partial charge on any atom is 0.172 e. The van der Waals surface area contributed by atoms with E-state index in [0.717, 1.165) is 19.5 Å². The zero-order valence-corrected chi connectivity index (χ0v) is 10.9. The first-order valence-corrected chi connectivity index (χ1v) is 5.98. The summed E-state index contributed by atoms with van der Waals surface area (Å²) >= 11 is 0. The van der Waals surface area contributed by atoms with Crippen LogP contribution in [0, 0.1) is 5.82 Å². The minimum absolute atomic E-state index is 0.273. The molecule has 0 unspecified atom stereocenters. The van der Waals surface area contributed by atoms with Gasteiger partial charge in [-0.3, -0.25) is 0 Å². The first-order chi connectivity index (χ1) is 8.79. The van der Waals surface area contributed by atoms with Gasteiger partial charge in [0.25, 0.3) is 0 Å². The van der Waals surface area contributed by atoms with E-state index in [1.54, 1.807) is 31.4 Å². The Labute approximate surface area is 108 Å². The Kier molecular flexibility index (Phi) is 7.06. The van der Waals surface area contributed by atoms with E-state index in [2.05, 4.69) is 5.32 Å². The molecule has 18 heavy (non-hydrogen) atoms. The molecule has 1 N–H and O–H groups in total. The van der Waals surface area contributed by atoms with Gasteiger partial charge in [0, 0.05) is 19.2 Å². The Bertz CT molecular complexity index is 380. The predicted octanol–water partition coefficient (Wildman–Crippen LogP) is 2.47. The number of methoxy groups -OCH3 is 2. The molecule has 3 nitrogen and oxygen atoms in total. The van der Waals surface area contributed by atoms with Crippen LogP contribution < -0.4 is 10.1 Å². The summed E-state index contributed by atoms with van der Waals surface area (Å²) in [5.41, 5.74) is 0.547. The molecule has 100 valence electrons. The summed E-state index contributed by atoms with van der Waals surface area (Å²) in [6.45, 7) is 2.39. The van der Waals surface area contributed by atoms with E-state index >= 15 is 0 Å². The van der Waals surface area contributed by atoms with Crippen molar-refractivity contribution in [1.29, 1.82) is 0 Å². The SMILES string of the molecule is COCCNCC/C=C/c1cccc(OC)c1F. The molecule has 0 fully saturated rings. The van der Waals surface area contributed by atoms with Crippen molar-refractivity contribution >= 4 is 6.08 Å². The number of benzene rings is 1. The third-order valence-electron chi connectivity index (χ3n) is 2.48. The highest BCUT2D eigenvalue weighted by atomic mass is 19.1. The topological polar surface area (TPSA) is 30.5 Å². The molecule has 0 amide bonds. The number of rotatable bonds is 8. The molecule has 0 atom stereocenters. The van der Waals surface area contributed by atoms with E-state index in [0.29, 0.717) is 12.2 Å². The maximum absolute atomic E-state index is 13.7. The van der Waals surface area contributed by atoms with Crippen LogP contribution in [0.5, 0.6) is 5.75 Å². The molecule has 0 radical (unpaired) electrons. The lowest BCUT2D eigenvalue weighted by Gasteiger charge is -2.04. The summed E-state index contributed by atoms with van der Waals surface area (Å²) in [5, 5.41) is 3.22. The summed E-state index contributed by atoms with van der Waals surface area (Å²) in [7, 11) is 3.14. The van der Waals surface area contributed by atoms with Crippen LogP contribution in [0.25, 0.3) is 6.08 Å². The quantitative estimate of drug-likeness (QED) is 0.722. The maximum atomic E-state index is 13.7. The molecule has 0 aliphatic carbocycles. The molecule has 0 heterocycles. The summed E-state index contributed by atoms with van der Waals surface area (Å²) in [5.74, 6) is -0.0426. The Hall–Kier alpha value is -1.39. The van der Waals surface area contributed by atoms with Gasteiger partial charge in [-0.15, -0.1) is 0 Å². The van der Waals surface area contributed by atoms with E-state index in [-0.39, 0.29) is 11.6 Å². The van der Waals surface area contributed by atoms with Crippen molar-refractivity contribution in [2.45, 2.75) is 6.42 Å². The van der Waals surface area contributed by atoms with Crippen LogP contribution in [-0.4, -0.2) is 33.9 Å². The second-order valence-electron chi connectivity index (χ2n) is 3.80. The van der Waals surface area contributed by atoms with Crippen molar-refractivity contribution in [3.8, 4) is 5.75 Å². The van der Waals surface area contributed by atoms with Crippen LogP contribution in [-0.2, 0) is 4.74 Å². The number of hydrogen-bond donors (Lipinski definition) is 1. The fourth-order valence-electron chi connectivity index (χ4n) is 1.51. The van der Waals surface area contributed by atoms with Crippen LogP contribution in [0.1, 0.15) is 12.0 Å². The molecular weight excluding hydrogens is 233 g/mol. The van der Waals surface area contributed by atoms with Crippen molar-refractivity contribution in [3.63, 3.8) is 0 Å². The third-order valence-corrected chi connectivity index (χ3v) is 2.48. The second-order valence-corrected chi connectivity index (χ2v) is 3.80. The molecule has 0 aliphatic rings. The summed E-state index contributed by atoms with van der Waals surface area (Å²) in [6, 6.07) is 5.12. The van der Waals surface area contributed by atoms with Gasteiger partial charge in [0.2, 0.25) is 0 Å². The Morgan fingerprint density at radius 3 is 2.83 bits per heavy atom. The van der Waals surface area contributed by atoms with E-state index in [9.17, 15) is 4.39 Å². The first kappa shape index (κ1) is 14.7. The largest absolute Gasteiger partial charge is 0.494 e. The number of ether oxygens (including phenoxy) is 2. The van der Waals surface area contributed by atoms with Crippen LogP contribution in [0.3, 0.4) is 0 Å². The zero-order valence-electron chi connectivity index (χ0n) is 10.9. The van der Waals surface area contributed by atoms with Gasteiger partial charge in [0.15, 0.2) is 11.6 Å².